The van der Waals surface area contributed by atoms with Crippen LogP contribution in [0.2, 0.25) is 0 Å². The Morgan fingerprint density at radius 1 is 0.746 bits per heavy atom. The zero-order chi connectivity index (χ0) is 49.3. The van der Waals surface area contributed by atoms with Gasteiger partial charge in [-0.3, -0.25) is 14.6 Å². The summed E-state index contributed by atoms with van der Waals surface area (Å²) in [7, 11) is 4.26. The Hall–Kier alpha value is -3.23. The summed E-state index contributed by atoms with van der Waals surface area (Å²) >= 11 is 0. The van der Waals surface area contributed by atoms with Crippen LogP contribution in [0.5, 0.6) is 11.5 Å². The van der Waals surface area contributed by atoms with Gasteiger partial charge in [-0.15, -0.1) is 0 Å². The maximum atomic E-state index is 12.3. The maximum absolute atomic E-state index is 12.3. The van der Waals surface area contributed by atoms with Crippen LogP contribution in [0.15, 0.2) is 72.8 Å². The summed E-state index contributed by atoms with van der Waals surface area (Å²) in [5, 5.41) is 0. The lowest BCUT2D eigenvalue weighted by Gasteiger charge is -2.48. The van der Waals surface area contributed by atoms with E-state index in [2.05, 4.69) is 151 Å². The highest BCUT2D eigenvalue weighted by atomic mass is 16.5. The summed E-state index contributed by atoms with van der Waals surface area (Å²) in [4.78, 5) is 19.6. The molecule has 7 heteroatoms. The maximum Gasteiger partial charge on any atom is 0.153 e. The number of likely N-dealkylation sites (N-methyl/N-ethyl adjacent to an activating group) is 2. The molecule has 0 aromatic heterocycles. The topological polar surface area (TPSA) is 54.5 Å². The molecule has 4 heterocycles. The number of carbonyl (C=O) groups excluding carboxylic acids is 1. The molecule has 4 saturated heterocycles. The molecule has 0 bridgehead atoms. The van der Waals surface area contributed by atoms with E-state index in [0.717, 1.165) is 62.3 Å². The van der Waals surface area contributed by atoms with E-state index in [1.165, 1.54) is 80.2 Å². The Bertz CT molecular complexity index is 1860. The number of aryl methyl sites for hydroxylation is 1. The van der Waals surface area contributed by atoms with Crippen LogP contribution in [-0.2, 0) is 16.0 Å². The Kier molecular flexibility index (Phi) is 23.4. The summed E-state index contributed by atoms with van der Waals surface area (Å²) in [6.07, 6.45) is 14.0. The minimum absolute atomic E-state index is 0.000704. The lowest BCUT2D eigenvalue weighted by atomic mass is 9.79. The number of fused-ring (bicyclic) bond motifs is 1. The SMILES string of the molecule is CC.CC(C)CC1CC(OCCc2ccc(C(C)C)cc2)CN1C.CCC(C)c1ccccc1OC1CC(C(=O)C(C)C)N(C)C1.Cc1ccccc1OC1CCCC2(CC(C)C)CCCN12. The lowest BCUT2D eigenvalue weighted by molar-refractivity contribution is -0.125. The van der Waals surface area contributed by atoms with E-state index >= 15 is 0 Å². The van der Waals surface area contributed by atoms with Crippen molar-refractivity contribution >= 4 is 5.78 Å². The monoisotopic (exact) mass is 924 g/mol. The fourth-order valence-electron chi connectivity index (χ4n) is 11.0. The van der Waals surface area contributed by atoms with Crippen LogP contribution in [-0.4, -0.2) is 96.9 Å². The third-order valence-electron chi connectivity index (χ3n) is 14.8. The van der Waals surface area contributed by atoms with Gasteiger partial charge < -0.3 is 19.1 Å². The molecule has 4 fully saturated rings. The van der Waals surface area contributed by atoms with Crippen LogP contribution in [0.3, 0.4) is 0 Å². The molecule has 7 nitrogen and oxygen atoms in total. The minimum atomic E-state index is 0.000704. The van der Waals surface area contributed by atoms with Crippen LogP contribution in [0.4, 0.5) is 0 Å². The molecular weight excluding hydrogens is 827 g/mol. The van der Waals surface area contributed by atoms with E-state index in [9.17, 15) is 4.79 Å². The van der Waals surface area contributed by atoms with Gasteiger partial charge in [0, 0.05) is 43.6 Å². The summed E-state index contributed by atoms with van der Waals surface area (Å²) in [5.41, 5.74) is 5.73. The average molecular weight is 924 g/mol. The van der Waals surface area contributed by atoms with Crippen LogP contribution >= 0.6 is 0 Å². The minimum Gasteiger partial charge on any atom is -0.489 e. The number of hydrogen-bond donors (Lipinski definition) is 0. The highest BCUT2D eigenvalue weighted by molar-refractivity contribution is 5.86. The van der Waals surface area contributed by atoms with Gasteiger partial charge in [-0.05, 0) is 143 Å². The lowest BCUT2D eigenvalue weighted by Crippen LogP contribution is -2.55. The van der Waals surface area contributed by atoms with Gasteiger partial charge in [0.25, 0.3) is 0 Å². The number of Topliss-reactive ketones (excluding diaryl/α,β-unsaturated/α-hetero) is 1. The standard InChI is InChI=1S/C20H33NO.C19H29NO2.C19H29NO.C2H6/c1-15(2)12-19-13-20(14-21(19)5)22-11-10-17-6-8-18(9-7-17)16(3)4;1-6-14(4)16-9-7-8-10-18(16)22-15-11-17(20(5)12-15)19(21)13(2)3;1-15(2)14-19-11-6-10-18(20(19)13-7-12-19)21-17-9-5-4-8-16(17)3;1-2/h6-9,15-16,19-20H,10-14H2,1-5H3;7-10,13-15,17H,6,11-12H2,1-5H3;4-5,8-9,15,18H,6-7,10-14H2,1-3H3;1-2H3. The molecule has 67 heavy (non-hydrogen) atoms. The second-order valence-corrected chi connectivity index (χ2v) is 21.8. The van der Waals surface area contributed by atoms with E-state index in [1.54, 1.807) is 0 Å². The first-order valence-electron chi connectivity index (χ1n) is 26.9. The van der Waals surface area contributed by atoms with Gasteiger partial charge in [-0.25, -0.2) is 0 Å². The van der Waals surface area contributed by atoms with Gasteiger partial charge in [0.1, 0.15) is 17.6 Å². The van der Waals surface area contributed by atoms with E-state index in [4.69, 9.17) is 14.2 Å². The van der Waals surface area contributed by atoms with Crippen molar-refractivity contribution < 1.29 is 19.0 Å². The van der Waals surface area contributed by atoms with Crippen LogP contribution in [0.25, 0.3) is 0 Å². The second kappa shape index (κ2) is 27.8. The molecule has 7 atom stereocenters. The highest BCUT2D eigenvalue weighted by Gasteiger charge is 2.47. The van der Waals surface area contributed by atoms with Crippen molar-refractivity contribution in [3.05, 3.63) is 95.1 Å². The molecule has 0 amide bonds. The van der Waals surface area contributed by atoms with Gasteiger partial charge in [-0.1, -0.05) is 144 Å². The Balaban J connectivity index is 0.000000215. The van der Waals surface area contributed by atoms with Gasteiger partial charge in [0.15, 0.2) is 12.0 Å². The molecule has 4 aliphatic heterocycles. The number of nitrogens with zero attached hydrogens (tertiary/aromatic N) is 3. The third kappa shape index (κ3) is 16.7. The predicted octanol–water partition coefficient (Wildman–Crippen LogP) is 14.2. The quantitative estimate of drug-likeness (QED) is 0.134. The summed E-state index contributed by atoms with van der Waals surface area (Å²) in [6, 6.07) is 26.4. The van der Waals surface area contributed by atoms with E-state index in [-0.39, 0.29) is 24.3 Å². The molecule has 0 saturated carbocycles. The van der Waals surface area contributed by atoms with Crippen molar-refractivity contribution in [2.75, 3.05) is 40.3 Å². The summed E-state index contributed by atoms with van der Waals surface area (Å²) < 4.78 is 18.8. The first kappa shape index (κ1) is 56.4. The number of piperidine rings is 1. The normalized spacial score (nSPS) is 24.7. The molecule has 7 unspecified atom stereocenters. The zero-order valence-electron chi connectivity index (χ0n) is 45.3. The molecule has 4 aliphatic rings. The van der Waals surface area contributed by atoms with E-state index < -0.39 is 0 Å². The summed E-state index contributed by atoms with van der Waals surface area (Å²) in [5.74, 6) is 5.08. The van der Waals surface area contributed by atoms with Gasteiger partial charge >= 0.3 is 0 Å². The number of rotatable bonds is 17. The molecule has 3 aromatic rings. The van der Waals surface area contributed by atoms with E-state index in [1.807, 2.05) is 40.8 Å². The van der Waals surface area contributed by atoms with Gasteiger partial charge in [-0.2, -0.15) is 0 Å². The smallest absolute Gasteiger partial charge is 0.153 e. The van der Waals surface area contributed by atoms with Crippen LogP contribution in [0.1, 0.15) is 181 Å². The Morgan fingerprint density at radius 3 is 2.01 bits per heavy atom. The molecule has 3 aromatic carbocycles. The third-order valence-corrected chi connectivity index (χ3v) is 14.8. The summed E-state index contributed by atoms with van der Waals surface area (Å²) in [6.45, 7) is 32.3. The molecule has 0 N–H and O–H groups in total. The first-order chi connectivity index (χ1) is 32.0. The predicted molar refractivity (Wildman–Crippen MR) is 284 cm³/mol. The number of benzene rings is 3. The number of likely N-dealkylation sites (tertiary alicyclic amines) is 2. The number of carbonyl (C=O) groups is 1. The van der Waals surface area contributed by atoms with Crippen molar-refractivity contribution in [3.8, 4) is 11.5 Å². The Morgan fingerprint density at radius 2 is 1.39 bits per heavy atom. The van der Waals surface area contributed by atoms with Gasteiger partial charge in [0.05, 0.1) is 18.8 Å². The van der Waals surface area contributed by atoms with Gasteiger partial charge in [0.2, 0.25) is 0 Å². The van der Waals surface area contributed by atoms with E-state index in [0.29, 0.717) is 35.3 Å². The highest BCUT2D eigenvalue weighted by Crippen LogP contribution is 2.45. The number of ketones is 1. The number of para-hydroxylation sites is 2. The first-order valence-corrected chi connectivity index (χ1v) is 26.9. The Labute approximate surface area is 411 Å². The molecule has 7 rings (SSSR count). The molecule has 0 radical (unpaired) electrons. The fourth-order valence-corrected chi connectivity index (χ4v) is 11.0. The van der Waals surface area contributed by atoms with Crippen LogP contribution < -0.4 is 9.47 Å². The van der Waals surface area contributed by atoms with Crippen LogP contribution in [0, 0.1) is 24.7 Å². The molecule has 376 valence electrons. The van der Waals surface area contributed by atoms with Crippen molar-refractivity contribution in [2.24, 2.45) is 17.8 Å². The number of hydrogen-bond acceptors (Lipinski definition) is 7. The van der Waals surface area contributed by atoms with Crippen molar-refractivity contribution in [1.82, 2.24) is 14.7 Å². The number of ether oxygens (including phenoxy) is 3. The van der Waals surface area contributed by atoms with Crippen molar-refractivity contribution in [3.63, 3.8) is 0 Å². The fraction of sp³-hybridized carbons (Fsp3) is 0.683. The largest absolute Gasteiger partial charge is 0.489 e. The second-order valence-electron chi connectivity index (χ2n) is 21.8. The molecule has 0 spiro atoms. The molecule has 0 aliphatic carbocycles. The molecular formula is C60H97N3O4. The zero-order valence-corrected chi connectivity index (χ0v) is 45.3. The van der Waals surface area contributed by atoms with Crippen molar-refractivity contribution in [1.29, 1.82) is 0 Å². The van der Waals surface area contributed by atoms with Crippen molar-refractivity contribution in [2.45, 2.75) is 209 Å². The average Bonchev–Trinajstić information content (AvgIpc) is 4.00.